The first-order chi connectivity index (χ1) is 13.0. The summed E-state index contributed by atoms with van der Waals surface area (Å²) in [6.45, 7) is 0.212. The lowest BCUT2D eigenvalue weighted by atomic mass is 9.97. The van der Waals surface area contributed by atoms with Crippen LogP contribution < -0.4 is 5.32 Å². The lowest BCUT2D eigenvalue weighted by molar-refractivity contribution is -0.134. The van der Waals surface area contributed by atoms with Gasteiger partial charge in [-0.05, 0) is 17.5 Å². The molecule has 0 aromatic heterocycles. The topological polar surface area (TPSA) is 61.9 Å². The monoisotopic (exact) mass is 367 g/mol. The second-order valence-electron chi connectivity index (χ2n) is 6.76. The zero-order chi connectivity index (χ0) is 19.2. The normalized spacial score (nSPS) is 18.4. The van der Waals surface area contributed by atoms with Crippen LogP contribution in [0, 0.1) is 0 Å². The molecule has 1 fully saturated rings. The summed E-state index contributed by atoms with van der Waals surface area (Å²) in [5.41, 5.74) is 2.03. The maximum Gasteiger partial charge on any atom is 0.407 e. The first-order valence-corrected chi connectivity index (χ1v) is 9.05. The molecule has 2 amide bonds. The third-order valence-corrected chi connectivity index (χ3v) is 4.98. The number of hydrazine groups is 1. The van der Waals surface area contributed by atoms with Crippen molar-refractivity contribution in [1.82, 2.24) is 15.3 Å². The smallest absolute Gasteiger partial charge is 0.407 e. The van der Waals surface area contributed by atoms with Crippen LogP contribution in [0.5, 0.6) is 0 Å². The maximum absolute atomic E-state index is 12.4. The fourth-order valence-electron chi connectivity index (χ4n) is 3.31. The number of nitrogens with zero attached hydrogens (tertiary/aromatic N) is 2. The van der Waals surface area contributed by atoms with Crippen LogP contribution in [0.15, 0.2) is 60.7 Å². The highest BCUT2D eigenvalue weighted by molar-refractivity contribution is 5.78. The molecule has 6 heteroatoms. The van der Waals surface area contributed by atoms with E-state index in [-0.39, 0.29) is 24.6 Å². The average Bonchev–Trinajstić information content (AvgIpc) is 2.95. The van der Waals surface area contributed by atoms with Crippen LogP contribution in [0.2, 0.25) is 0 Å². The van der Waals surface area contributed by atoms with Gasteiger partial charge in [0.25, 0.3) is 0 Å². The molecule has 2 aromatic carbocycles. The molecule has 0 unspecified atom stereocenters. The van der Waals surface area contributed by atoms with Crippen LogP contribution in [-0.4, -0.2) is 48.2 Å². The zero-order valence-electron chi connectivity index (χ0n) is 15.7. The number of benzene rings is 2. The highest BCUT2D eigenvalue weighted by atomic mass is 16.5. The van der Waals surface area contributed by atoms with Crippen molar-refractivity contribution < 1.29 is 14.3 Å². The number of likely N-dealkylation sites (N-methyl/N-ethyl adjacent to an activating group) is 1. The summed E-state index contributed by atoms with van der Waals surface area (Å²) >= 11 is 0. The second-order valence-corrected chi connectivity index (χ2v) is 6.76. The number of ether oxygens (including phenoxy) is 1. The molecule has 3 rings (SSSR count). The van der Waals surface area contributed by atoms with Gasteiger partial charge in [-0.3, -0.25) is 9.80 Å². The summed E-state index contributed by atoms with van der Waals surface area (Å²) in [6, 6.07) is 19.1. The molecule has 2 aromatic rings. The molecule has 0 bridgehead atoms. The molecule has 0 aliphatic carbocycles. The van der Waals surface area contributed by atoms with Crippen molar-refractivity contribution in [3.8, 4) is 0 Å². The van der Waals surface area contributed by atoms with Crippen LogP contribution in [-0.2, 0) is 22.6 Å². The third kappa shape index (κ3) is 4.86. The van der Waals surface area contributed by atoms with E-state index in [1.807, 2.05) is 72.7 Å². The molecule has 0 radical (unpaired) electrons. The maximum atomic E-state index is 12.4. The predicted octanol–water partition coefficient (Wildman–Crippen LogP) is 2.60. The second kappa shape index (κ2) is 8.68. The molecule has 1 N–H and O–H groups in total. The number of hydrogen-bond acceptors (Lipinski definition) is 4. The van der Waals surface area contributed by atoms with Gasteiger partial charge in [0.05, 0.1) is 12.1 Å². The number of nitrogens with one attached hydrogen (secondary N) is 1. The van der Waals surface area contributed by atoms with E-state index in [4.69, 9.17) is 4.74 Å². The molecule has 142 valence electrons. The first kappa shape index (κ1) is 18.9. The third-order valence-electron chi connectivity index (χ3n) is 4.98. The van der Waals surface area contributed by atoms with Crippen molar-refractivity contribution in [2.75, 3.05) is 14.1 Å². The molecule has 1 saturated heterocycles. The Balaban J connectivity index is 1.67. The number of rotatable bonds is 6. The summed E-state index contributed by atoms with van der Waals surface area (Å²) in [6.07, 6.45) is 0.510. The SMILES string of the molecule is CN1C(=O)C[C@@H]([C@H](Cc2ccccc2)NC(=O)OCc2ccccc2)N1C. The van der Waals surface area contributed by atoms with Crippen LogP contribution >= 0.6 is 0 Å². The van der Waals surface area contributed by atoms with Crippen molar-refractivity contribution in [2.24, 2.45) is 0 Å². The van der Waals surface area contributed by atoms with Gasteiger partial charge in [-0.2, -0.15) is 0 Å². The molecule has 6 nitrogen and oxygen atoms in total. The number of amides is 2. The fraction of sp³-hybridized carbons (Fsp3) is 0.333. The van der Waals surface area contributed by atoms with Gasteiger partial charge in [-0.25, -0.2) is 9.80 Å². The van der Waals surface area contributed by atoms with Gasteiger partial charge in [0, 0.05) is 20.5 Å². The predicted molar refractivity (Wildman–Crippen MR) is 103 cm³/mol. The van der Waals surface area contributed by atoms with Gasteiger partial charge in [-0.1, -0.05) is 60.7 Å². The van der Waals surface area contributed by atoms with Gasteiger partial charge in [0.15, 0.2) is 0 Å². The fourth-order valence-corrected chi connectivity index (χ4v) is 3.31. The summed E-state index contributed by atoms with van der Waals surface area (Å²) in [7, 11) is 3.61. The van der Waals surface area contributed by atoms with E-state index in [1.54, 1.807) is 12.1 Å². The van der Waals surface area contributed by atoms with E-state index in [0.717, 1.165) is 11.1 Å². The Kier molecular flexibility index (Phi) is 6.08. The summed E-state index contributed by atoms with van der Waals surface area (Å²) < 4.78 is 5.38. The quantitative estimate of drug-likeness (QED) is 0.853. The van der Waals surface area contributed by atoms with Crippen molar-refractivity contribution in [1.29, 1.82) is 0 Å². The van der Waals surface area contributed by atoms with E-state index in [0.29, 0.717) is 12.8 Å². The first-order valence-electron chi connectivity index (χ1n) is 9.05. The number of hydrogen-bond donors (Lipinski definition) is 1. The lowest BCUT2D eigenvalue weighted by Gasteiger charge is -2.31. The van der Waals surface area contributed by atoms with Gasteiger partial charge in [0.2, 0.25) is 5.91 Å². The highest BCUT2D eigenvalue weighted by Gasteiger charge is 2.38. The highest BCUT2D eigenvalue weighted by Crippen LogP contribution is 2.21. The Labute approximate surface area is 159 Å². The summed E-state index contributed by atoms with van der Waals surface area (Å²) in [5.74, 6) is 0.0417. The van der Waals surface area contributed by atoms with Crippen molar-refractivity contribution >= 4 is 12.0 Å². The molecular weight excluding hydrogens is 342 g/mol. The minimum absolute atomic E-state index is 0.0417. The van der Waals surface area contributed by atoms with E-state index in [9.17, 15) is 9.59 Å². The molecule has 2 atom stereocenters. The van der Waals surface area contributed by atoms with Crippen molar-refractivity contribution in [3.63, 3.8) is 0 Å². The Morgan fingerprint density at radius 2 is 1.67 bits per heavy atom. The minimum atomic E-state index is -0.477. The van der Waals surface area contributed by atoms with E-state index >= 15 is 0 Å². The Morgan fingerprint density at radius 3 is 2.22 bits per heavy atom. The molecule has 0 spiro atoms. The van der Waals surface area contributed by atoms with Crippen LogP contribution in [0.1, 0.15) is 17.5 Å². The van der Waals surface area contributed by atoms with Gasteiger partial charge in [-0.15, -0.1) is 0 Å². The van der Waals surface area contributed by atoms with Gasteiger partial charge < -0.3 is 10.1 Å². The average molecular weight is 367 g/mol. The summed E-state index contributed by atoms with van der Waals surface area (Å²) in [4.78, 5) is 24.5. The van der Waals surface area contributed by atoms with Crippen LogP contribution in [0.25, 0.3) is 0 Å². The molecular formula is C21H25N3O3. The van der Waals surface area contributed by atoms with E-state index in [1.165, 1.54) is 0 Å². The Bertz CT molecular complexity index is 767. The number of alkyl carbamates (subject to hydrolysis) is 1. The minimum Gasteiger partial charge on any atom is -0.445 e. The standard InChI is InChI=1S/C21H25N3O3/c1-23-19(14-20(25)24(23)2)18(13-16-9-5-3-6-10-16)22-21(26)27-15-17-11-7-4-8-12-17/h3-12,18-19H,13-15H2,1-2H3,(H,22,26)/t18-,19-/m0/s1. The zero-order valence-corrected chi connectivity index (χ0v) is 15.7. The van der Waals surface area contributed by atoms with Crippen LogP contribution in [0.4, 0.5) is 4.79 Å². The van der Waals surface area contributed by atoms with Gasteiger partial charge >= 0.3 is 6.09 Å². The van der Waals surface area contributed by atoms with E-state index in [2.05, 4.69) is 5.32 Å². The van der Waals surface area contributed by atoms with Crippen molar-refractivity contribution in [3.05, 3.63) is 71.8 Å². The lowest BCUT2D eigenvalue weighted by Crippen LogP contribution is -2.51. The number of carbonyl (C=O) groups excluding carboxylic acids is 2. The van der Waals surface area contributed by atoms with Crippen LogP contribution in [0.3, 0.4) is 0 Å². The van der Waals surface area contributed by atoms with Gasteiger partial charge in [0.1, 0.15) is 6.61 Å². The molecule has 0 saturated carbocycles. The van der Waals surface area contributed by atoms with E-state index < -0.39 is 6.09 Å². The largest absolute Gasteiger partial charge is 0.445 e. The Morgan fingerprint density at radius 1 is 1.07 bits per heavy atom. The van der Waals surface area contributed by atoms with Crippen molar-refractivity contribution in [2.45, 2.75) is 31.5 Å². The molecule has 1 aliphatic rings. The molecule has 27 heavy (non-hydrogen) atoms. The Hall–Kier alpha value is -2.86. The number of carbonyl (C=O) groups is 2. The summed E-state index contributed by atoms with van der Waals surface area (Å²) in [5, 5.41) is 6.45. The molecule has 1 heterocycles. The molecule has 1 aliphatic heterocycles.